The van der Waals surface area contributed by atoms with Crippen molar-refractivity contribution in [2.24, 2.45) is 5.92 Å². The first-order valence-electron chi connectivity index (χ1n) is 9.20. The van der Waals surface area contributed by atoms with Crippen LogP contribution in [0.1, 0.15) is 19.5 Å². The summed E-state index contributed by atoms with van der Waals surface area (Å²) in [7, 11) is 1.92. The fourth-order valence-electron chi connectivity index (χ4n) is 3.28. The largest absolute Gasteiger partial charge is 0.349 e. The van der Waals surface area contributed by atoms with Crippen molar-refractivity contribution in [3.8, 4) is 0 Å². The van der Waals surface area contributed by atoms with Gasteiger partial charge in [-0.1, -0.05) is 37.7 Å². The van der Waals surface area contributed by atoms with Crippen LogP contribution in [0.25, 0.3) is 0 Å². The Balaban J connectivity index is 1.94. The summed E-state index contributed by atoms with van der Waals surface area (Å²) in [5, 5.41) is 15.5. The van der Waals surface area contributed by atoms with Gasteiger partial charge in [0.1, 0.15) is 0 Å². The molecule has 1 aromatic carbocycles. The van der Waals surface area contributed by atoms with Crippen molar-refractivity contribution < 1.29 is 4.92 Å². The summed E-state index contributed by atoms with van der Waals surface area (Å²) in [5.41, 5.74) is 2.37. The van der Waals surface area contributed by atoms with Crippen LogP contribution in [0.15, 0.2) is 64.3 Å². The van der Waals surface area contributed by atoms with Crippen LogP contribution in [0.4, 0.5) is 5.69 Å². The van der Waals surface area contributed by atoms with Crippen molar-refractivity contribution in [3.05, 3.63) is 75.2 Å². The molecule has 2 aromatic rings. The van der Waals surface area contributed by atoms with Crippen LogP contribution in [0.5, 0.6) is 0 Å². The lowest BCUT2D eigenvalue weighted by atomic mass is 10.1. The average molecular weight is 400 g/mol. The number of nitro benzene ring substituents is 1. The summed E-state index contributed by atoms with van der Waals surface area (Å²) in [6.45, 7) is 6.54. The number of rotatable bonds is 8. The van der Waals surface area contributed by atoms with Crippen molar-refractivity contribution in [1.29, 1.82) is 0 Å². The molecule has 28 heavy (non-hydrogen) atoms. The fraction of sp³-hybridized carbons (Fsp3) is 0.350. The average Bonchev–Trinajstić information content (AvgIpc) is 3.00. The molecule has 0 unspecified atom stereocenters. The molecule has 8 heteroatoms. The Kier molecular flexibility index (Phi) is 6.53. The number of thioether (sulfide) groups is 1. The smallest absolute Gasteiger partial charge is 0.270 e. The molecule has 148 valence electrons. The molecule has 0 spiro atoms. The summed E-state index contributed by atoms with van der Waals surface area (Å²) >= 11 is 1.58. The maximum atomic E-state index is 11.1. The molecule has 0 fully saturated rings. The highest BCUT2D eigenvalue weighted by molar-refractivity contribution is 8.03. The van der Waals surface area contributed by atoms with E-state index in [1.165, 1.54) is 11.8 Å². The topological polar surface area (TPSA) is 74.5 Å². The van der Waals surface area contributed by atoms with Crippen molar-refractivity contribution in [3.63, 3.8) is 0 Å². The fourth-order valence-corrected chi connectivity index (χ4v) is 4.55. The monoisotopic (exact) mass is 399 g/mol. The highest BCUT2D eigenvalue weighted by Crippen LogP contribution is 2.40. The zero-order chi connectivity index (χ0) is 20.1. The number of allylic oxidation sites excluding steroid dienone is 1. The molecule has 7 nitrogen and oxygen atoms in total. The van der Waals surface area contributed by atoms with Crippen LogP contribution in [-0.2, 0) is 6.54 Å². The maximum Gasteiger partial charge on any atom is 0.270 e. The van der Waals surface area contributed by atoms with Gasteiger partial charge in [-0.05, 0) is 31.2 Å². The Morgan fingerprint density at radius 2 is 2.07 bits per heavy atom. The quantitative estimate of drug-likeness (QED) is 0.534. The molecular formula is C20H25N5O2S. The molecule has 1 aliphatic heterocycles. The first kappa shape index (κ1) is 20.2. The van der Waals surface area contributed by atoms with Crippen LogP contribution in [0.3, 0.4) is 0 Å². The van der Waals surface area contributed by atoms with E-state index in [0.717, 1.165) is 28.8 Å². The number of aromatic nitrogens is 1. The van der Waals surface area contributed by atoms with Gasteiger partial charge in [0.15, 0.2) is 0 Å². The van der Waals surface area contributed by atoms with E-state index >= 15 is 0 Å². The molecule has 1 aliphatic rings. The summed E-state index contributed by atoms with van der Waals surface area (Å²) in [4.78, 5) is 20.7. The van der Waals surface area contributed by atoms with Crippen LogP contribution in [0, 0.1) is 16.0 Å². The Bertz CT molecular complexity index is 857. The Morgan fingerprint density at radius 3 is 2.71 bits per heavy atom. The first-order valence-corrected chi connectivity index (χ1v) is 10.0. The second-order valence-corrected chi connectivity index (χ2v) is 7.98. The number of nitro groups is 1. The van der Waals surface area contributed by atoms with E-state index in [1.54, 1.807) is 23.9 Å². The maximum absolute atomic E-state index is 11.1. The molecule has 0 saturated carbocycles. The minimum Gasteiger partial charge on any atom is -0.349 e. The lowest BCUT2D eigenvalue weighted by Crippen LogP contribution is -2.33. The number of nitrogens with one attached hydrogen (secondary N) is 1. The van der Waals surface area contributed by atoms with Crippen LogP contribution < -0.4 is 5.32 Å². The van der Waals surface area contributed by atoms with Gasteiger partial charge in [0, 0.05) is 28.9 Å². The lowest BCUT2D eigenvalue weighted by molar-refractivity contribution is -0.385. The molecule has 0 atom stereocenters. The highest BCUT2D eigenvalue weighted by atomic mass is 32.2. The van der Waals surface area contributed by atoms with Crippen LogP contribution in [-0.4, -0.2) is 40.1 Å². The SMILES string of the molecule is CNCN1CN(Cc2ccccn2)C(C(C)C)=C1Sc1cccc([N+](=O)[O-])c1. The number of hydrogen-bond acceptors (Lipinski definition) is 7. The molecule has 0 amide bonds. The van der Waals surface area contributed by atoms with Crippen molar-refractivity contribution in [2.45, 2.75) is 25.3 Å². The van der Waals surface area contributed by atoms with Gasteiger partial charge in [0.25, 0.3) is 5.69 Å². The zero-order valence-electron chi connectivity index (χ0n) is 16.3. The molecule has 3 rings (SSSR count). The molecule has 1 N–H and O–H groups in total. The van der Waals surface area contributed by atoms with E-state index in [1.807, 2.05) is 37.5 Å². The van der Waals surface area contributed by atoms with Gasteiger partial charge in [-0.25, -0.2) is 0 Å². The van der Waals surface area contributed by atoms with Crippen LogP contribution in [0.2, 0.25) is 0 Å². The molecule has 1 aromatic heterocycles. The van der Waals surface area contributed by atoms with Gasteiger partial charge in [0.2, 0.25) is 0 Å². The predicted octanol–water partition coefficient (Wildman–Crippen LogP) is 3.86. The molecular weight excluding hydrogens is 374 g/mol. The Labute approximate surface area is 169 Å². The zero-order valence-corrected chi connectivity index (χ0v) is 17.1. The molecule has 0 saturated heterocycles. The Morgan fingerprint density at radius 1 is 1.25 bits per heavy atom. The van der Waals surface area contributed by atoms with E-state index in [-0.39, 0.29) is 10.6 Å². The lowest BCUT2D eigenvalue weighted by Gasteiger charge is -2.24. The number of benzene rings is 1. The van der Waals surface area contributed by atoms with E-state index in [2.05, 4.69) is 33.9 Å². The van der Waals surface area contributed by atoms with E-state index in [4.69, 9.17) is 0 Å². The van der Waals surface area contributed by atoms with Gasteiger partial charge in [-0.2, -0.15) is 0 Å². The van der Waals surface area contributed by atoms with Gasteiger partial charge >= 0.3 is 0 Å². The van der Waals surface area contributed by atoms with Crippen LogP contribution >= 0.6 is 11.8 Å². The number of nitrogens with zero attached hydrogens (tertiary/aromatic N) is 4. The van der Waals surface area contributed by atoms with Gasteiger partial charge in [-0.3, -0.25) is 15.1 Å². The van der Waals surface area contributed by atoms with Gasteiger partial charge in [0.05, 0.1) is 35.5 Å². The van der Waals surface area contributed by atoms with Crippen molar-refractivity contribution >= 4 is 17.4 Å². The van der Waals surface area contributed by atoms with Gasteiger partial charge < -0.3 is 15.1 Å². The number of pyridine rings is 1. The minimum absolute atomic E-state index is 0.111. The second kappa shape index (κ2) is 9.07. The van der Waals surface area contributed by atoms with E-state index in [0.29, 0.717) is 12.6 Å². The second-order valence-electron chi connectivity index (χ2n) is 6.91. The first-order chi connectivity index (χ1) is 13.5. The summed E-state index contributed by atoms with van der Waals surface area (Å²) in [6.07, 6.45) is 1.81. The molecule has 0 radical (unpaired) electrons. The Hall–Kier alpha value is -2.58. The third-order valence-electron chi connectivity index (χ3n) is 4.41. The third-order valence-corrected chi connectivity index (χ3v) is 5.56. The summed E-state index contributed by atoms with van der Waals surface area (Å²) in [5.74, 6) is 0.312. The minimum atomic E-state index is -0.352. The normalized spacial score (nSPS) is 14.3. The van der Waals surface area contributed by atoms with Gasteiger partial charge in [-0.15, -0.1) is 0 Å². The third kappa shape index (κ3) is 4.63. The summed E-state index contributed by atoms with van der Waals surface area (Å²) < 4.78 is 0. The van der Waals surface area contributed by atoms with E-state index in [9.17, 15) is 10.1 Å². The highest BCUT2D eigenvalue weighted by Gasteiger charge is 2.31. The van der Waals surface area contributed by atoms with E-state index < -0.39 is 0 Å². The summed E-state index contributed by atoms with van der Waals surface area (Å²) in [6, 6.07) is 12.8. The molecule has 0 aliphatic carbocycles. The number of non-ortho nitro benzene ring substituents is 1. The number of hydrogen-bond donors (Lipinski definition) is 1. The van der Waals surface area contributed by atoms with Crippen molar-refractivity contribution in [2.75, 3.05) is 20.4 Å². The predicted molar refractivity (Wildman–Crippen MR) is 111 cm³/mol. The molecule has 2 heterocycles. The molecule has 0 bridgehead atoms. The van der Waals surface area contributed by atoms with Crippen molar-refractivity contribution in [1.82, 2.24) is 20.1 Å². The standard InChI is InChI=1S/C20H25N5O2S/c1-15(2)19-20(28-18-9-6-8-17(11-18)25(26)27)24(13-21-3)14-23(19)12-16-7-4-5-10-22-16/h4-11,15,21H,12-14H2,1-3H3.